The number of ether oxygens (including phenoxy) is 1. The van der Waals surface area contributed by atoms with Crippen LogP contribution in [0.15, 0.2) is 6.07 Å². The first-order chi connectivity index (χ1) is 9.65. The average molecular weight is 276 g/mol. The maximum atomic E-state index is 11.2. The number of rotatable bonds is 2. The van der Waals surface area contributed by atoms with Crippen molar-refractivity contribution in [1.82, 2.24) is 9.88 Å². The molecule has 2 aliphatic rings. The van der Waals surface area contributed by atoms with Crippen molar-refractivity contribution in [2.75, 3.05) is 26.3 Å². The van der Waals surface area contributed by atoms with E-state index in [0.717, 1.165) is 56.8 Å². The SMILES string of the molecule is Cc1nc2c(cc1C(=O)O)CCN(C1CCOC1)CC2. The number of aromatic nitrogens is 1. The number of hydrogen-bond acceptors (Lipinski definition) is 4. The van der Waals surface area contributed by atoms with E-state index in [9.17, 15) is 9.90 Å². The molecule has 2 aliphatic heterocycles. The lowest BCUT2D eigenvalue weighted by molar-refractivity contribution is 0.0695. The summed E-state index contributed by atoms with van der Waals surface area (Å²) in [7, 11) is 0. The average Bonchev–Trinajstić information content (AvgIpc) is 2.86. The molecule has 3 heterocycles. The maximum Gasteiger partial charge on any atom is 0.337 e. The Hall–Kier alpha value is -1.46. The number of aromatic carboxylic acids is 1. The molecule has 1 saturated heterocycles. The summed E-state index contributed by atoms with van der Waals surface area (Å²) in [5.41, 5.74) is 3.11. The topological polar surface area (TPSA) is 62.7 Å². The van der Waals surface area contributed by atoms with Crippen molar-refractivity contribution in [2.45, 2.75) is 32.2 Å². The first kappa shape index (κ1) is 13.5. The van der Waals surface area contributed by atoms with Crippen LogP contribution in [0.4, 0.5) is 0 Å². The van der Waals surface area contributed by atoms with E-state index in [1.807, 2.05) is 6.07 Å². The lowest BCUT2D eigenvalue weighted by atomic mass is 10.0. The third-order valence-corrected chi connectivity index (χ3v) is 4.34. The lowest BCUT2D eigenvalue weighted by Crippen LogP contribution is -2.37. The van der Waals surface area contributed by atoms with Gasteiger partial charge >= 0.3 is 5.97 Å². The van der Waals surface area contributed by atoms with E-state index in [2.05, 4.69) is 9.88 Å². The van der Waals surface area contributed by atoms with E-state index in [1.54, 1.807) is 6.92 Å². The van der Waals surface area contributed by atoms with Crippen molar-refractivity contribution in [3.63, 3.8) is 0 Å². The fourth-order valence-corrected chi connectivity index (χ4v) is 3.15. The first-order valence-corrected chi connectivity index (χ1v) is 7.19. The van der Waals surface area contributed by atoms with Crippen LogP contribution in [-0.2, 0) is 17.6 Å². The summed E-state index contributed by atoms with van der Waals surface area (Å²) in [5.74, 6) is -0.886. The van der Waals surface area contributed by atoms with Gasteiger partial charge in [0.25, 0.3) is 0 Å². The number of carboxylic acids is 1. The maximum absolute atomic E-state index is 11.2. The fourth-order valence-electron chi connectivity index (χ4n) is 3.15. The van der Waals surface area contributed by atoms with Gasteiger partial charge in [0, 0.05) is 37.9 Å². The Morgan fingerprint density at radius 1 is 1.45 bits per heavy atom. The van der Waals surface area contributed by atoms with E-state index in [-0.39, 0.29) is 0 Å². The number of pyridine rings is 1. The molecule has 5 nitrogen and oxygen atoms in total. The molecule has 0 aliphatic carbocycles. The molecule has 1 atom stereocenters. The number of carboxylic acid groups (broad SMARTS) is 1. The largest absolute Gasteiger partial charge is 0.478 e. The third-order valence-electron chi connectivity index (χ3n) is 4.34. The molecule has 0 saturated carbocycles. The Kier molecular flexibility index (Phi) is 3.72. The van der Waals surface area contributed by atoms with Gasteiger partial charge in [0.05, 0.1) is 17.9 Å². The van der Waals surface area contributed by atoms with Crippen LogP contribution in [0, 0.1) is 6.92 Å². The Morgan fingerprint density at radius 2 is 2.25 bits per heavy atom. The molecule has 0 aromatic carbocycles. The molecule has 1 aromatic rings. The Bertz CT molecular complexity index is 524. The van der Waals surface area contributed by atoms with Crippen LogP contribution in [0.5, 0.6) is 0 Å². The highest BCUT2D eigenvalue weighted by Crippen LogP contribution is 2.21. The van der Waals surface area contributed by atoms with Gasteiger partial charge in [-0.3, -0.25) is 9.88 Å². The number of carbonyl (C=O) groups is 1. The van der Waals surface area contributed by atoms with Crippen molar-refractivity contribution in [3.8, 4) is 0 Å². The normalized spacial score (nSPS) is 23.4. The molecule has 0 spiro atoms. The van der Waals surface area contributed by atoms with Gasteiger partial charge in [-0.1, -0.05) is 0 Å². The van der Waals surface area contributed by atoms with Gasteiger partial charge in [-0.2, -0.15) is 0 Å². The smallest absolute Gasteiger partial charge is 0.337 e. The summed E-state index contributed by atoms with van der Waals surface area (Å²) in [6.07, 6.45) is 2.87. The highest BCUT2D eigenvalue weighted by atomic mass is 16.5. The van der Waals surface area contributed by atoms with Crippen molar-refractivity contribution in [3.05, 3.63) is 28.6 Å². The minimum absolute atomic E-state index is 0.335. The zero-order valence-corrected chi connectivity index (χ0v) is 11.8. The number of hydrogen-bond donors (Lipinski definition) is 1. The molecule has 1 aromatic heterocycles. The van der Waals surface area contributed by atoms with Gasteiger partial charge in [0.15, 0.2) is 0 Å². The number of fused-ring (bicyclic) bond motifs is 1. The second kappa shape index (κ2) is 5.50. The van der Waals surface area contributed by atoms with Crippen LogP contribution >= 0.6 is 0 Å². The third kappa shape index (κ3) is 2.55. The molecule has 108 valence electrons. The summed E-state index contributed by atoms with van der Waals surface area (Å²) in [4.78, 5) is 18.2. The van der Waals surface area contributed by atoms with Gasteiger partial charge in [0.2, 0.25) is 0 Å². The van der Waals surface area contributed by atoms with E-state index in [1.165, 1.54) is 0 Å². The predicted octanol–water partition coefficient (Wildman–Crippen LogP) is 1.28. The Labute approximate surface area is 118 Å². The Morgan fingerprint density at radius 3 is 2.95 bits per heavy atom. The highest BCUT2D eigenvalue weighted by molar-refractivity contribution is 5.89. The van der Waals surface area contributed by atoms with Crippen LogP contribution in [0.25, 0.3) is 0 Å². The Balaban J connectivity index is 1.81. The van der Waals surface area contributed by atoms with Crippen LogP contribution in [-0.4, -0.2) is 53.3 Å². The van der Waals surface area contributed by atoms with Crippen LogP contribution in [0.3, 0.4) is 0 Å². The van der Waals surface area contributed by atoms with Gasteiger partial charge in [-0.15, -0.1) is 0 Å². The molecule has 20 heavy (non-hydrogen) atoms. The van der Waals surface area contributed by atoms with Gasteiger partial charge in [-0.05, 0) is 31.4 Å². The zero-order chi connectivity index (χ0) is 14.1. The molecule has 1 unspecified atom stereocenters. The predicted molar refractivity (Wildman–Crippen MR) is 74.1 cm³/mol. The van der Waals surface area contributed by atoms with Crippen molar-refractivity contribution in [1.29, 1.82) is 0 Å². The molecule has 1 fully saturated rings. The second-order valence-electron chi connectivity index (χ2n) is 5.59. The monoisotopic (exact) mass is 276 g/mol. The summed E-state index contributed by atoms with van der Waals surface area (Å²) in [6.45, 7) is 5.40. The van der Waals surface area contributed by atoms with Crippen LogP contribution in [0.2, 0.25) is 0 Å². The summed E-state index contributed by atoms with van der Waals surface area (Å²) >= 11 is 0. The number of aryl methyl sites for hydroxylation is 1. The van der Waals surface area contributed by atoms with E-state index in [4.69, 9.17) is 4.74 Å². The standard InChI is InChI=1S/C15H20N2O3/c1-10-13(15(18)19)8-11-2-5-17(6-3-14(11)16-10)12-4-7-20-9-12/h8,12H,2-7,9H2,1H3,(H,18,19). The highest BCUT2D eigenvalue weighted by Gasteiger charge is 2.26. The first-order valence-electron chi connectivity index (χ1n) is 7.19. The van der Waals surface area contributed by atoms with Crippen LogP contribution in [0.1, 0.15) is 33.7 Å². The van der Waals surface area contributed by atoms with Gasteiger partial charge in [-0.25, -0.2) is 4.79 Å². The second-order valence-corrected chi connectivity index (χ2v) is 5.59. The molecule has 0 amide bonds. The molecule has 0 radical (unpaired) electrons. The van der Waals surface area contributed by atoms with Gasteiger partial charge < -0.3 is 9.84 Å². The minimum atomic E-state index is -0.886. The van der Waals surface area contributed by atoms with E-state index >= 15 is 0 Å². The van der Waals surface area contributed by atoms with Crippen molar-refractivity contribution >= 4 is 5.97 Å². The quantitative estimate of drug-likeness (QED) is 0.881. The number of nitrogens with zero attached hydrogens (tertiary/aromatic N) is 2. The summed E-state index contributed by atoms with van der Waals surface area (Å²) in [6, 6.07) is 2.33. The minimum Gasteiger partial charge on any atom is -0.478 e. The van der Waals surface area contributed by atoms with E-state index in [0.29, 0.717) is 17.3 Å². The lowest BCUT2D eigenvalue weighted by Gasteiger charge is -2.25. The molecule has 3 rings (SSSR count). The van der Waals surface area contributed by atoms with E-state index < -0.39 is 5.97 Å². The fraction of sp³-hybridized carbons (Fsp3) is 0.600. The molecule has 5 heteroatoms. The zero-order valence-electron chi connectivity index (χ0n) is 11.8. The summed E-state index contributed by atoms with van der Waals surface area (Å²) < 4.78 is 5.46. The van der Waals surface area contributed by atoms with Gasteiger partial charge in [0.1, 0.15) is 0 Å². The summed E-state index contributed by atoms with van der Waals surface area (Å²) in [5, 5.41) is 9.20. The molecular formula is C15H20N2O3. The molecule has 1 N–H and O–H groups in total. The molecule has 0 bridgehead atoms. The van der Waals surface area contributed by atoms with Crippen molar-refractivity contribution in [2.24, 2.45) is 0 Å². The molecular weight excluding hydrogens is 256 g/mol. The van der Waals surface area contributed by atoms with Crippen LogP contribution < -0.4 is 0 Å². The van der Waals surface area contributed by atoms with Crippen molar-refractivity contribution < 1.29 is 14.6 Å².